The van der Waals surface area contributed by atoms with E-state index in [1.54, 1.807) is 12.1 Å². The third-order valence-corrected chi connectivity index (χ3v) is 5.24. The van der Waals surface area contributed by atoms with Gasteiger partial charge in [0.05, 0.1) is 0 Å². The molecule has 1 unspecified atom stereocenters. The number of nitrogens with zero attached hydrogens (tertiary/aromatic N) is 2. The van der Waals surface area contributed by atoms with Crippen LogP contribution in [0.2, 0.25) is 0 Å². The second kappa shape index (κ2) is 8.99. The van der Waals surface area contributed by atoms with Gasteiger partial charge in [-0.2, -0.15) is 0 Å². The number of thioether (sulfide) groups is 1. The summed E-state index contributed by atoms with van der Waals surface area (Å²) in [4.78, 5) is 33.0. The Bertz CT molecular complexity index is 845. The molecule has 2 N–H and O–H groups in total. The summed E-state index contributed by atoms with van der Waals surface area (Å²) < 4.78 is 0. The molecule has 0 fully saturated rings. The van der Waals surface area contributed by atoms with Crippen LogP contribution >= 0.6 is 11.8 Å². The molecule has 1 aromatic carbocycles. The van der Waals surface area contributed by atoms with Crippen molar-refractivity contribution >= 4 is 23.6 Å². The molecule has 0 radical (unpaired) electrons. The van der Waals surface area contributed by atoms with Crippen LogP contribution < -0.4 is 5.32 Å². The normalized spacial score (nSPS) is 11.9. The zero-order valence-electron chi connectivity index (χ0n) is 16.3. The van der Waals surface area contributed by atoms with Gasteiger partial charge in [-0.3, -0.25) is 4.79 Å². The largest absolute Gasteiger partial charge is 0.479 e. The number of hydrogen-bond acceptors (Lipinski definition) is 5. The predicted molar refractivity (Wildman–Crippen MR) is 106 cm³/mol. The number of aryl methyl sites for hydroxylation is 3. The van der Waals surface area contributed by atoms with E-state index in [4.69, 9.17) is 0 Å². The van der Waals surface area contributed by atoms with E-state index in [1.807, 2.05) is 40.0 Å². The van der Waals surface area contributed by atoms with E-state index < -0.39 is 12.0 Å². The first-order chi connectivity index (χ1) is 12.7. The monoisotopic (exact) mass is 387 g/mol. The van der Waals surface area contributed by atoms with Crippen LogP contribution in [0.1, 0.15) is 46.1 Å². The van der Waals surface area contributed by atoms with Gasteiger partial charge in [0, 0.05) is 17.8 Å². The Hall–Kier alpha value is -2.41. The SMILES string of the molecule is CSc1nc(C)c(CCC(=O)NC(C(=O)O)c2cccc(C)c2C)c(C)n1. The van der Waals surface area contributed by atoms with Crippen LogP contribution in [0, 0.1) is 27.7 Å². The summed E-state index contributed by atoms with van der Waals surface area (Å²) in [5.74, 6) is -1.38. The molecular weight excluding hydrogens is 362 g/mol. The molecule has 0 aliphatic rings. The number of carboxylic acids is 1. The summed E-state index contributed by atoms with van der Waals surface area (Å²) in [6.45, 7) is 7.59. The Labute approximate surface area is 163 Å². The van der Waals surface area contributed by atoms with Gasteiger partial charge in [-0.1, -0.05) is 30.0 Å². The molecular formula is C20H25N3O3S. The summed E-state index contributed by atoms with van der Waals surface area (Å²) in [5, 5.41) is 12.9. The predicted octanol–water partition coefficient (Wildman–Crippen LogP) is 3.31. The first-order valence-electron chi connectivity index (χ1n) is 8.71. The maximum absolute atomic E-state index is 12.4. The van der Waals surface area contributed by atoms with Gasteiger partial charge < -0.3 is 10.4 Å². The molecule has 144 valence electrons. The fraction of sp³-hybridized carbons (Fsp3) is 0.400. The van der Waals surface area contributed by atoms with Gasteiger partial charge in [0.1, 0.15) is 0 Å². The third-order valence-electron chi connectivity index (χ3n) is 4.69. The number of aliphatic carboxylic acids is 1. The maximum atomic E-state index is 12.4. The maximum Gasteiger partial charge on any atom is 0.330 e. The van der Waals surface area contributed by atoms with Crippen molar-refractivity contribution in [2.24, 2.45) is 0 Å². The summed E-state index contributed by atoms with van der Waals surface area (Å²) >= 11 is 1.48. The Morgan fingerprint density at radius 3 is 2.33 bits per heavy atom. The minimum atomic E-state index is -1.07. The minimum Gasteiger partial charge on any atom is -0.479 e. The van der Waals surface area contributed by atoms with E-state index in [0.29, 0.717) is 17.1 Å². The quantitative estimate of drug-likeness (QED) is 0.559. The standard InChI is InChI=1S/C20H25N3O3S/c1-11-7-6-8-15(12(11)2)18(19(25)26)23-17(24)10-9-16-13(3)21-20(27-5)22-14(16)4/h6-8,18H,9-10H2,1-5H3,(H,23,24)(H,25,26). The number of amides is 1. The lowest BCUT2D eigenvalue weighted by molar-refractivity contribution is -0.142. The Morgan fingerprint density at radius 1 is 1.15 bits per heavy atom. The third kappa shape index (κ3) is 5.07. The Balaban J connectivity index is 2.12. The molecule has 6 nitrogen and oxygen atoms in total. The summed E-state index contributed by atoms with van der Waals surface area (Å²) in [5.41, 5.74) is 5.11. The van der Waals surface area contributed by atoms with Crippen LogP contribution in [0.3, 0.4) is 0 Å². The topological polar surface area (TPSA) is 92.2 Å². The van der Waals surface area contributed by atoms with Gasteiger partial charge >= 0.3 is 5.97 Å². The van der Waals surface area contributed by atoms with Crippen molar-refractivity contribution in [3.63, 3.8) is 0 Å². The highest BCUT2D eigenvalue weighted by molar-refractivity contribution is 7.98. The minimum absolute atomic E-state index is 0.179. The Kier molecular flexibility index (Phi) is 6.96. The van der Waals surface area contributed by atoms with Crippen molar-refractivity contribution in [3.05, 3.63) is 51.8 Å². The van der Waals surface area contributed by atoms with Crippen LogP contribution in [-0.2, 0) is 16.0 Å². The molecule has 0 saturated carbocycles. The zero-order chi connectivity index (χ0) is 20.1. The van der Waals surface area contributed by atoms with Crippen molar-refractivity contribution in [2.45, 2.75) is 51.7 Å². The van der Waals surface area contributed by atoms with Crippen molar-refractivity contribution in [2.75, 3.05) is 6.26 Å². The average molecular weight is 388 g/mol. The lowest BCUT2D eigenvalue weighted by Crippen LogP contribution is -2.34. The van der Waals surface area contributed by atoms with Gasteiger partial charge in [-0.15, -0.1) is 0 Å². The molecule has 0 saturated heterocycles. The van der Waals surface area contributed by atoms with E-state index in [2.05, 4.69) is 15.3 Å². The fourth-order valence-corrected chi connectivity index (χ4v) is 3.45. The van der Waals surface area contributed by atoms with Gasteiger partial charge in [-0.25, -0.2) is 14.8 Å². The van der Waals surface area contributed by atoms with Gasteiger partial charge in [0.25, 0.3) is 0 Å². The second-order valence-corrected chi connectivity index (χ2v) is 7.26. The number of nitrogens with one attached hydrogen (secondary N) is 1. The van der Waals surface area contributed by atoms with E-state index >= 15 is 0 Å². The first kappa shape index (κ1) is 20.9. The first-order valence-corrected chi connectivity index (χ1v) is 9.93. The molecule has 27 heavy (non-hydrogen) atoms. The molecule has 1 heterocycles. The number of carbonyl (C=O) groups excluding carboxylic acids is 1. The van der Waals surface area contributed by atoms with E-state index in [1.165, 1.54) is 11.8 Å². The van der Waals surface area contributed by atoms with Crippen LogP contribution in [0.15, 0.2) is 23.4 Å². The molecule has 7 heteroatoms. The summed E-state index contributed by atoms with van der Waals surface area (Å²) in [7, 11) is 0. The summed E-state index contributed by atoms with van der Waals surface area (Å²) in [6, 6.07) is 4.40. The lowest BCUT2D eigenvalue weighted by atomic mass is 9.97. The number of rotatable bonds is 7. The molecule has 2 rings (SSSR count). The van der Waals surface area contributed by atoms with E-state index in [9.17, 15) is 14.7 Å². The molecule has 1 atom stereocenters. The van der Waals surface area contributed by atoms with Crippen molar-refractivity contribution in [1.29, 1.82) is 0 Å². The fourth-order valence-electron chi connectivity index (χ4n) is 2.99. The smallest absolute Gasteiger partial charge is 0.330 e. The number of hydrogen-bond donors (Lipinski definition) is 2. The van der Waals surface area contributed by atoms with Crippen LogP contribution in [-0.4, -0.2) is 33.2 Å². The zero-order valence-corrected chi connectivity index (χ0v) is 17.1. The van der Waals surface area contributed by atoms with E-state index in [-0.39, 0.29) is 12.3 Å². The van der Waals surface area contributed by atoms with Crippen molar-refractivity contribution in [3.8, 4) is 0 Å². The number of carbonyl (C=O) groups is 2. The lowest BCUT2D eigenvalue weighted by Gasteiger charge is -2.18. The molecule has 0 aliphatic carbocycles. The molecule has 1 aromatic heterocycles. The van der Waals surface area contributed by atoms with E-state index in [0.717, 1.165) is 28.1 Å². The van der Waals surface area contributed by atoms with Crippen molar-refractivity contribution in [1.82, 2.24) is 15.3 Å². The highest BCUT2D eigenvalue weighted by atomic mass is 32.2. The highest BCUT2D eigenvalue weighted by Gasteiger charge is 2.24. The Morgan fingerprint density at radius 2 is 1.78 bits per heavy atom. The summed E-state index contributed by atoms with van der Waals surface area (Å²) in [6.07, 6.45) is 2.57. The molecule has 1 amide bonds. The highest BCUT2D eigenvalue weighted by Crippen LogP contribution is 2.22. The van der Waals surface area contributed by atoms with Crippen molar-refractivity contribution < 1.29 is 14.7 Å². The molecule has 0 aliphatic heterocycles. The van der Waals surface area contributed by atoms with Gasteiger partial charge in [-0.05, 0) is 62.6 Å². The number of aromatic nitrogens is 2. The number of carboxylic acid groups (broad SMARTS) is 1. The van der Waals surface area contributed by atoms with Crippen LogP contribution in [0.5, 0.6) is 0 Å². The number of benzene rings is 1. The van der Waals surface area contributed by atoms with Crippen LogP contribution in [0.25, 0.3) is 0 Å². The average Bonchev–Trinajstić information content (AvgIpc) is 2.61. The second-order valence-electron chi connectivity index (χ2n) is 6.49. The van der Waals surface area contributed by atoms with Gasteiger partial charge in [0.15, 0.2) is 11.2 Å². The van der Waals surface area contributed by atoms with Gasteiger partial charge in [0.2, 0.25) is 5.91 Å². The molecule has 0 spiro atoms. The molecule has 2 aromatic rings. The van der Waals surface area contributed by atoms with Crippen LogP contribution in [0.4, 0.5) is 0 Å². The molecule has 0 bridgehead atoms.